The Labute approximate surface area is 89.3 Å². The molecule has 0 amide bonds. The second kappa shape index (κ2) is 4.47. The fourth-order valence-corrected chi connectivity index (χ4v) is 1.48. The number of aromatic nitrogens is 1. The molecule has 0 atom stereocenters. The molecule has 2 heteroatoms. The summed E-state index contributed by atoms with van der Waals surface area (Å²) in [6.07, 6.45) is 1.81. The van der Waals surface area contributed by atoms with Gasteiger partial charge in [-0.2, -0.15) is 0 Å². The van der Waals surface area contributed by atoms with Gasteiger partial charge in [-0.15, -0.1) is 5.92 Å². The van der Waals surface area contributed by atoms with Crippen LogP contribution in [0.3, 0.4) is 0 Å². The molecule has 0 aliphatic rings. The first kappa shape index (κ1) is 9.54. The number of para-hydroxylation sites is 1. The van der Waals surface area contributed by atoms with Crippen LogP contribution in [-0.4, -0.2) is 11.5 Å². The summed E-state index contributed by atoms with van der Waals surface area (Å²) in [4.78, 5) is 4.29. The Morgan fingerprint density at radius 2 is 2.13 bits per heavy atom. The van der Waals surface area contributed by atoms with Gasteiger partial charge in [0.15, 0.2) is 0 Å². The molecule has 1 N–H and O–H groups in total. The molecule has 2 nitrogen and oxygen atoms in total. The number of pyridine rings is 1. The highest BCUT2D eigenvalue weighted by Crippen LogP contribution is 2.20. The van der Waals surface area contributed by atoms with Gasteiger partial charge in [0, 0.05) is 17.3 Å². The lowest BCUT2D eigenvalue weighted by molar-refractivity contribution is 1.35. The zero-order chi connectivity index (χ0) is 10.5. The van der Waals surface area contributed by atoms with Crippen molar-refractivity contribution in [2.24, 2.45) is 0 Å². The van der Waals surface area contributed by atoms with E-state index in [1.54, 1.807) is 0 Å². The van der Waals surface area contributed by atoms with Gasteiger partial charge in [-0.25, -0.2) is 0 Å². The summed E-state index contributed by atoms with van der Waals surface area (Å²) in [7, 11) is 0. The van der Waals surface area contributed by atoms with Gasteiger partial charge < -0.3 is 5.32 Å². The third-order valence-corrected chi connectivity index (χ3v) is 2.19. The maximum atomic E-state index is 4.29. The van der Waals surface area contributed by atoms with Crippen molar-refractivity contribution >= 4 is 16.6 Å². The van der Waals surface area contributed by atoms with Crippen LogP contribution in [0.1, 0.15) is 6.92 Å². The van der Waals surface area contributed by atoms with E-state index in [-0.39, 0.29) is 0 Å². The maximum absolute atomic E-state index is 4.29. The summed E-state index contributed by atoms with van der Waals surface area (Å²) >= 11 is 0. The lowest BCUT2D eigenvalue weighted by Crippen LogP contribution is -1.99. The van der Waals surface area contributed by atoms with Crippen molar-refractivity contribution < 1.29 is 0 Å². The molecular formula is C13H12N2. The van der Waals surface area contributed by atoms with Gasteiger partial charge in [0.25, 0.3) is 0 Å². The number of nitrogens with one attached hydrogen (secondary N) is 1. The number of fused-ring (bicyclic) bond motifs is 1. The minimum absolute atomic E-state index is 0.671. The van der Waals surface area contributed by atoms with Crippen molar-refractivity contribution in [3.63, 3.8) is 0 Å². The summed E-state index contributed by atoms with van der Waals surface area (Å²) < 4.78 is 0. The summed E-state index contributed by atoms with van der Waals surface area (Å²) in [5.74, 6) is 5.84. The van der Waals surface area contributed by atoms with Crippen LogP contribution >= 0.6 is 0 Å². The van der Waals surface area contributed by atoms with Gasteiger partial charge in [-0.1, -0.05) is 24.1 Å². The highest BCUT2D eigenvalue weighted by atomic mass is 14.9. The summed E-state index contributed by atoms with van der Waals surface area (Å²) in [6.45, 7) is 2.51. The predicted molar refractivity (Wildman–Crippen MR) is 63.7 cm³/mol. The first-order valence-corrected chi connectivity index (χ1v) is 4.89. The average molecular weight is 196 g/mol. The number of hydrogen-bond donors (Lipinski definition) is 1. The van der Waals surface area contributed by atoms with Gasteiger partial charge in [-0.3, -0.25) is 4.98 Å². The van der Waals surface area contributed by atoms with Gasteiger partial charge in [0.1, 0.15) is 0 Å². The van der Waals surface area contributed by atoms with E-state index in [1.165, 1.54) is 0 Å². The van der Waals surface area contributed by atoms with Crippen LogP contribution in [0, 0.1) is 11.8 Å². The minimum Gasteiger partial charge on any atom is -0.374 e. The van der Waals surface area contributed by atoms with Gasteiger partial charge >= 0.3 is 0 Å². The molecular weight excluding hydrogens is 184 g/mol. The number of anilines is 1. The molecule has 2 rings (SSSR count). The Hall–Kier alpha value is -2.01. The second-order valence-corrected chi connectivity index (χ2v) is 3.16. The standard InChI is InChI=1S/C13H12N2/c1-2-3-9-14-13-8-10-15-12-7-5-4-6-11(12)13/h4-8,10H,9H2,1H3,(H,14,15). The number of rotatable bonds is 2. The zero-order valence-electron chi connectivity index (χ0n) is 8.62. The molecule has 0 radical (unpaired) electrons. The molecule has 0 spiro atoms. The summed E-state index contributed by atoms with van der Waals surface area (Å²) in [5, 5.41) is 4.41. The van der Waals surface area contributed by atoms with E-state index in [4.69, 9.17) is 0 Å². The Balaban J connectivity index is 2.36. The SMILES string of the molecule is CC#CCNc1ccnc2ccccc12. The van der Waals surface area contributed by atoms with Crippen molar-refractivity contribution in [2.45, 2.75) is 6.92 Å². The molecule has 0 saturated heterocycles. The van der Waals surface area contributed by atoms with E-state index in [2.05, 4.69) is 28.2 Å². The molecule has 0 aliphatic carbocycles. The van der Waals surface area contributed by atoms with Gasteiger partial charge in [0.05, 0.1) is 12.1 Å². The van der Waals surface area contributed by atoms with Crippen molar-refractivity contribution in [3.8, 4) is 11.8 Å². The number of nitrogens with zero attached hydrogens (tertiary/aromatic N) is 1. The smallest absolute Gasteiger partial charge is 0.0766 e. The molecule has 74 valence electrons. The quantitative estimate of drug-likeness (QED) is 0.747. The van der Waals surface area contributed by atoms with E-state index in [0.29, 0.717) is 6.54 Å². The topological polar surface area (TPSA) is 24.9 Å². The fourth-order valence-electron chi connectivity index (χ4n) is 1.48. The molecule has 2 aromatic rings. The zero-order valence-corrected chi connectivity index (χ0v) is 8.62. The molecule has 1 heterocycles. The first-order chi connectivity index (χ1) is 7.42. The van der Waals surface area contributed by atoms with Crippen LogP contribution in [0.4, 0.5) is 5.69 Å². The molecule has 0 aliphatic heterocycles. The largest absolute Gasteiger partial charge is 0.374 e. The Bertz CT molecular complexity index is 515. The molecule has 0 bridgehead atoms. The predicted octanol–water partition coefficient (Wildman–Crippen LogP) is 2.67. The van der Waals surface area contributed by atoms with Crippen molar-refractivity contribution in [1.82, 2.24) is 4.98 Å². The number of hydrogen-bond acceptors (Lipinski definition) is 2. The third kappa shape index (κ3) is 2.08. The minimum atomic E-state index is 0.671. The summed E-state index contributed by atoms with van der Waals surface area (Å²) in [5.41, 5.74) is 2.09. The lowest BCUT2D eigenvalue weighted by Gasteiger charge is -2.05. The molecule has 15 heavy (non-hydrogen) atoms. The number of benzene rings is 1. The Kier molecular flexibility index (Phi) is 2.85. The van der Waals surface area contributed by atoms with Crippen LogP contribution in [0.25, 0.3) is 10.9 Å². The van der Waals surface area contributed by atoms with Crippen molar-refractivity contribution in [1.29, 1.82) is 0 Å². The highest BCUT2D eigenvalue weighted by Gasteiger charge is 1.98. The second-order valence-electron chi connectivity index (χ2n) is 3.16. The van der Waals surface area contributed by atoms with E-state index in [0.717, 1.165) is 16.6 Å². The van der Waals surface area contributed by atoms with Crippen LogP contribution in [-0.2, 0) is 0 Å². The fraction of sp³-hybridized carbons (Fsp3) is 0.154. The van der Waals surface area contributed by atoms with E-state index in [1.807, 2.05) is 37.4 Å². The van der Waals surface area contributed by atoms with Gasteiger partial charge in [-0.05, 0) is 19.1 Å². The lowest BCUT2D eigenvalue weighted by atomic mass is 10.2. The highest BCUT2D eigenvalue weighted by molar-refractivity contribution is 5.90. The van der Waals surface area contributed by atoms with Gasteiger partial charge in [0.2, 0.25) is 0 Å². The molecule has 1 aromatic carbocycles. The van der Waals surface area contributed by atoms with Crippen LogP contribution < -0.4 is 5.32 Å². The molecule has 0 saturated carbocycles. The maximum Gasteiger partial charge on any atom is 0.0766 e. The normalized spacial score (nSPS) is 9.40. The Morgan fingerprint density at radius 1 is 1.27 bits per heavy atom. The third-order valence-electron chi connectivity index (χ3n) is 2.19. The van der Waals surface area contributed by atoms with Crippen LogP contribution in [0.5, 0.6) is 0 Å². The van der Waals surface area contributed by atoms with Crippen molar-refractivity contribution in [3.05, 3.63) is 36.5 Å². The Morgan fingerprint density at radius 3 is 3.00 bits per heavy atom. The van der Waals surface area contributed by atoms with E-state index in [9.17, 15) is 0 Å². The molecule has 0 fully saturated rings. The average Bonchev–Trinajstić information content (AvgIpc) is 2.30. The summed E-state index contributed by atoms with van der Waals surface area (Å²) in [6, 6.07) is 10.0. The first-order valence-electron chi connectivity index (χ1n) is 4.89. The molecule has 0 unspecified atom stereocenters. The monoisotopic (exact) mass is 196 g/mol. The van der Waals surface area contributed by atoms with E-state index >= 15 is 0 Å². The van der Waals surface area contributed by atoms with Crippen LogP contribution in [0.15, 0.2) is 36.5 Å². The molecule has 1 aromatic heterocycles. The van der Waals surface area contributed by atoms with E-state index < -0.39 is 0 Å². The van der Waals surface area contributed by atoms with Crippen molar-refractivity contribution in [2.75, 3.05) is 11.9 Å². The van der Waals surface area contributed by atoms with Crippen LogP contribution in [0.2, 0.25) is 0 Å².